The van der Waals surface area contributed by atoms with Gasteiger partial charge in [0.2, 0.25) is 17.7 Å². The van der Waals surface area contributed by atoms with Gasteiger partial charge in [0.1, 0.15) is 6.04 Å². The minimum Gasteiger partial charge on any atom is -0.465 e. The number of hydrogen-bond donors (Lipinski definition) is 6. The second-order valence-corrected chi connectivity index (χ2v) is 8.29. The number of aliphatic hydroxyl groups is 2. The zero-order chi connectivity index (χ0) is 24.2. The summed E-state index contributed by atoms with van der Waals surface area (Å²) >= 11 is 0. The summed E-state index contributed by atoms with van der Waals surface area (Å²) in [6.07, 6.45) is -3.21. The van der Waals surface area contributed by atoms with Crippen LogP contribution in [0.1, 0.15) is 33.1 Å². The molecular weight excluding hydrogens is 426 g/mol. The second kappa shape index (κ2) is 10.6. The molecule has 7 N–H and O–H groups in total. The Hall–Kier alpha value is -2.93. The maximum atomic E-state index is 13.0. The topological polar surface area (TPSA) is 203 Å². The molecule has 0 spiro atoms. The third-order valence-corrected chi connectivity index (χ3v) is 5.90. The molecule has 0 aromatic heterocycles. The van der Waals surface area contributed by atoms with Gasteiger partial charge >= 0.3 is 6.09 Å². The summed E-state index contributed by atoms with van der Waals surface area (Å²) in [5.41, 5.74) is 5.02. The zero-order valence-electron chi connectivity index (χ0n) is 18.1. The smallest absolute Gasteiger partial charge is 0.404 e. The van der Waals surface area contributed by atoms with Crippen LogP contribution in [0.5, 0.6) is 0 Å². The number of aliphatic hydroxyl groups excluding tert-OH is 2. The summed E-state index contributed by atoms with van der Waals surface area (Å²) in [4.78, 5) is 62.6. The maximum absolute atomic E-state index is 13.0. The number of carbonyl (C=O) groups is 5. The molecule has 2 rings (SSSR count). The Morgan fingerprint density at radius 1 is 0.969 bits per heavy atom. The van der Waals surface area contributed by atoms with Crippen LogP contribution in [-0.4, -0.2) is 105 Å². The predicted molar refractivity (Wildman–Crippen MR) is 109 cm³/mol. The molecule has 32 heavy (non-hydrogen) atoms. The van der Waals surface area contributed by atoms with E-state index in [9.17, 15) is 34.2 Å². The average molecular weight is 457 g/mol. The number of carboxylic acid groups (broad SMARTS) is 1. The van der Waals surface area contributed by atoms with E-state index in [4.69, 9.17) is 10.8 Å². The minimum atomic E-state index is -1.63. The second-order valence-electron chi connectivity index (χ2n) is 8.29. The van der Waals surface area contributed by atoms with Crippen LogP contribution in [0.2, 0.25) is 0 Å². The molecule has 0 bridgehead atoms. The van der Waals surface area contributed by atoms with Gasteiger partial charge in [-0.2, -0.15) is 0 Å². The van der Waals surface area contributed by atoms with E-state index in [0.717, 1.165) is 0 Å². The summed E-state index contributed by atoms with van der Waals surface area (Å²) in [6.45, 7) is 3.46. The SMILES string of the molecule is C[C@H](NC(=O)[C@H]1CCN(C(=O)[C@@H]2CCCN2C(=O)[C@H](O)[C@H](C)NC(=O)O)C1)[C@@H](O)C(N)=O. The van der Waals surface area contributed by atoms with Crippen molar-refractivity contribution in [3.8, 4) is 0 Å². The monoisotopic (exact) mass is 457 g/mol. The Morgan fingerprint density at radius 2 is 1.59 bits per heavy atom. The van der Waals surface area contributed by atoms with Gasteiger partial charge < -0.3 is 41.5 Å². The fraction of sp³-hybridized carbons (Fsp3) is 0.737. The lowest BCUT2D eigenvalue weighted by molar-refractivity contribution is -0.149. The first-order valence-corrected chi connectivity index (χ1v) is 10.5. The Morgan fingerprint density at radius 3 is 2.19 bits per heavy atom. The summed E-state index contributed by atoms with van der Waals surface area (Å²) in [5, 5.41) is 33.1. The quantitative estimate of drug-likeness (QED) is 0.224. The van der Waals surface area contributed by atoms with Gasteiger partial charge in [-0.3, -0.25) is 19.2 Å². The molecule has 0 aromatic carbocycles. The van der Waals surface area contributed by atoms with Gasteiger partial charge in [-0.25, -0.2) is 4.79 Å². The van der Waals surface area contributed by atoms with E-state index in [1.807, 2.05) is 5.32 Å². The number of primary amides is 1. The van der Waals surface area contributed by atoms with Gasteiger partial charge in [0, 0.05) is 19.6 Å². The van der Waals surface area contributed by atoms with Gasteiger partial charge in [-0.15, -0.1) is 0 Å². The van der Waals surface area contributed by atoms with Gasteiger partial charge in [0.25, 0.3) is 5.91 Å². The third-order valence-electron chi connectivity index (χ3n) is 5.90. The Bertz CT molecular complexity index is 762. The highest BCUT2D eigenvalue weighted by molar-refractivity contribution is 5.91. The first-order chi connectivity index (χ1) is 14.9. The van der Waals surface area contributed by atoms with Gasteiger partial charge in [0.15, 0.2) is 12.2 Å². The van der Waals surface area contributed by atoms with E-state index in [1.54, 1.807) is 0 Å². The molecule has 2 heterocycles. The number of hydrogen-bond acceptors (Lipinski definition) is 7. The van der Waals surface area contributed by atoms with Crippen LogP contribution in [0.4, 0.5) is 4.79 Å². The molecule has 0 aliphatic carbocycles. The Kier molecular flexibility index (Phi) is 8.38. The van der Waals surface area contributed by atoms with Crippen molar-refractivity contribution in [2.75, 3.05) is 19.6 Å². The zero-order valence-corrected chi connectivity index (χ0v) is 18.1. The van der Waals surface area contributed by atoms with Gasteiger partial charge in [-0.1, -0.05) is 0 Å². The Balaban J connectivity index is 1.96. The molecule has 0 radical (unpaired) electrons. The molecule has 0 saturated carbocycles. The lowest BCUT2D eigenvalue weighted by Crippen LogP contribution is -2.54. The van der Waals surface area contributed by atoms with E-state index in [2.05, 4.69) is 5.32 Å². The van der Waals surface area contributed by atoms with Crippen LogP contribution in [-0.2, 0) is 19.2 Å². The molecular formula is C19H31N5O8. The summed E-state index contributed by atoms with van der Waals surface area (Å²) in [7, 11) is 0. The highest BCUT2D eigenvalue weighted by Gasteiger charge is 2.42. The van der Waals surface area contributed by atoms with E-state index in [1.165, 1.54) is 23.6 Å². The summed E-state index contributed by atoms with van der Waals surface area (Å²) in [6, 6.07) is -2.73. The van der Waals surface area contributed by atoms with Crippen LogP contribution in [0, 0.1) is 5.92 Å². The highest BCUT2D eigenvalue weighted by atomic mass is 16.4. The molecule has 2 aliphatic heterocycles. The van der Waals surface area contributed by atoms with E-state index < -0.39 is 60.1 Å². The van der Waals surface area contributed by atoms with Crippen LogP contribution in [0.25, 0.3) is 0 Å². The van der Waals surface area contributed by atoms with Crippen LogP contribution in [0.15, 0.2) is 0 Å². The minimum absolute atomic E-state index is 0.113. The van der Waals surface area contributed by atoms with E-state index in [-0.39, 0.29) is 19.0 Å². The third kappa shape index (κ3) is 5.85. The van der Waals surface area contributed by atoms with E-state index >= 15 is 0 Å². The number of nitrogens with two attached hydrogens (primary N) is 1. The normalized spacial score (nSPS) is 24.4. The highest BCUT2D eigenvalue weighted by Crippen LogP contribution is 2.25. The molecule has 0 aromatic rings. The van der Waals surface area contributed by atoms with Crippen LogP contribution >= 0.6 is 0 Å². The molecule has 0 unspecified atom stereocenters. The lowest BCUT2D eigenvalue weighted by atomic mass is 10.1. The Labute approximate surface area is 184 Å². The standard InChI is InChI=1S/C19H31N5O8/c1-9(13(25)15(20)27)21-16(28)11-5-7-23(8-11)17(29)12-4-3-6-24(12)18(30)14(26)10(2)22-19(31)32/h9-14,22,25-26H,3-8H2,1-2H3,(H2,20,27)(H,21,28)(H,31,32)/t9-,10-,11-,12-,13+,14+/m0/s1. The first-order valence-electron chi connectivity index (χ1n) is 10.5. The number of carbonyl (C=O) groups excluding carboxylic acids is 4. The molecule has 5 amide bonds. The number of amides is 5. The predicted octanol–water partition coefficient (Wildman–Crippen LogP) is -2.81. The van der Waals surface area contributed by atoms with Crippen molar-refractivity contribution >= 4 is 29.7 Å². The van der Waals surface area contributed by atoms with Crippen LogP contribution < -0.4 is 16.4 Å². The van der Waals surface area contributed by atoms with Crippen molar-refractivity contribution in [2.24, 2.45) is 11.7 Å². The molecule has 180 valence electrons. The molecule has 2 fully saturated rings. The van der Waals surface area contributed by atoms with Crippen molar-refractivity contribution in [1.29, 1.82) is 0 Å². The molecule has 2 saturated heterocycles. The number of likely N-dealkylation sites (tertiary alicyclic amines) is 2. The fourth-order valence-electron chi connectivity index (χ4n) is 4.00. The van der Waals surface area contributed by atoms with Crippen molar-refractivity contribution < 1.29 is 39.3 Å². The molecule has 13 nitrogen and oxygen atoms in total. The number of nitrogens with zero attached hydrogens (tertiary/aromatic N) is 2. The average Bonchev–Trinajstić information content (AvgIpc) is 3.40. The fourth-order valence-corrected chi connectivity index (χ4v) is 4.00. The van der Waals surface area contributed by atoms with Crippen LogP contribution in [0.3, 0.4) is 0 Å². The maximum Gasteiger partial charge on any atom is 0.404 e. The largest absolute Gasteiger partial charge is 0.465 e. The molecule has 2 aliphatic rings. The lowest BCUT2D eigenvalue weighted by Gasteiger charge is -2.30. The number of nitrogens with one attached hydrogen (secondary N) is 2. The van der Waals surface area contributed by atoms with Crippen molar-refractivity contribution in [3.05, 3.63) is 0 Å². The molecule has 13 heteroatoms. The van der Waals surface area contributed by atoms with Gasteiger partial charge in [0.05, 0.1) is 18.0 Å². The molecule has 6 atom stereocenters. The van der Waals surface area contributed by atoms with Crippen molar-refractivity contribution in [1.82, 2.24) is 20.4 Å². The summed E-state index contributed by atoms with van der Waals surface area (Å²) in [5.74, 6) is -3.00. The van der Waals surface area contributed by atoms with Gasteiger partial charge in [-0.05, 0) is 33.1 Å². The first kappa shape index (κ1) is 25.3. The van der Waals surface area contributed by atoms with Crippen molar-refractivity contribution in [2.45, 2.75) is 63.4 Å². The summed E-state index contributed by atoms with van der Waals surface area (Å²) < 4.78 is 0. The van der Waals surface area contributed by atoms with Crippen molar-refractivity contribution in [3.63, 3.8) is 0 Å². The number of rotatable bonds is 8. The van der Waals surface area contributed by atoms with E-state index in [0.29, 0.717) is 25.8 Å².